The molecule has 0 saturated carbocycles. The van der Waals surface area contributed by atoms with E-state index in [0.717, 1.165) is 28.5 Å². The lowest BCUT2D eigenvalue weighted by atomic mass is 9.79. The summed E-state index contributed by atoms with van der Waals surface area (Å²) in [6, 6.07) is 9.78. The number of nitriles is 1. The number of phenolic OH excluding ortho intramolecular Hbond substituents is 1. The first-order chi connectivity index (χ1) is 16.5. The first-order valence-corrected chi connectivity index (χ1v) is 12.6. The van der Waals surface area contributed by atoms with Crippen LogP contribution >= 0.6 is 0 Å². The molecule has 37 heavy (non-hydrogen) atoms. The number of ether oxygens (including phenoxy) is 1. The summed E-state index contributed by atoms with van der Waals surface area (Å²) in [5, 5.41) is 19.5. The minimum atomic E-state index is -0.407. The van der Waals surface area contributed by atoms with Gasteiger partial charge in [-0.25, -0.2) is 0 Å². The van der Waals surface area contributed by atoms with E-state index in [1.165, 1.54) is 6.92 Å². The number of carbonyl (C=O) groups is 2. The standard InChI is InChI=1S/C17H23NO2.C15H22O2/c1-11(19)20-15-12(10-18)8-13(16(2,3)4)9-14(15)17(5,6)7;1-14(2,3)11-7-10(9-16)13(17)12(8-11)15(4,5)6/h8-9H,1-7H3;7-9,17H,1-6H3. The summed E-state index contributed by atoms with van der Waals surface area (Å²) in [4.78, 5) is 22.3. The van der Waals surface area contributed by atoms with Gasteiger partial charge in [-0.1, -0.05) is 95.2 Å². The molecule has 0 saturated heterocycles. The quantitative estimate of drug-likeness (QED) is 0.254. The molecule has 2 aromatic carbocycles. The van der Waals surface area contributed by atoms with Gasteiger partial charge in [0.2, 0.25) is 0 Å². The number of hydrogen-bond donors (Lipinski definition) is 1. The molecule has 0 fully saturated rings. The number of phenols is 1. The van der Waals surface area contributed by atoms with Crippen LogP contribution in [0.4, 0.5) is 0 Å². The highest BCUT2D eigenvalue weighted by Crippen LogP contribution is 2.39. The fourth-order valence-electron chi connectivity index (χ4n) is 3.71. The molecule has 0 spiro atoms. The van der Waals surface area contributed by atoms with Crippen molar-refractivity contribution in [2.75, 3.05) is 0 Å². The zero-order valence-corrected chi connectivity index (χ0v) is 25.0. The van der Waals surface area contributed by atoms with E-state index in [2.05, 4.69) is 47.6 Å². The molecule has 0 amide bonds. The van der Waals surface area contributed by atoms with Crippen molar-refractivity contribution in [1.29, 1.82) is 5.26 Å². The molecule has 0 radical (unpaired) electrons. The van der Waals surface area contributed by atoms with E-state index < -0.39 is 5.97 Å². The minimum Gasteiger partial charge on any atom is -0.507 e. The summed E-state index contributed by atoms with van der Waals surface area (Å²) in [5.74, 6) is 0.0940. The summed E-state index contributed by atoms with van der Waals surface area (Å²) < 4.78 is 5.30. The molecule has 202 valence electrons. The highest BCUT2D eigenvalue weighted by atomic mass is 16.5. The third kappa shape index (κ3) is 8.45. The number of aromatic hydroxyl groups is 1. The molecule has 5 nitrogen and oxygen atoms in total. The van der Waals surface area contributed by atoms with Gasteiger partial charge in [0.1, 0.15) is 11.8 Å². The highest BCUT2D eigenvalue weighted by molar-refractivity contribution is 5.81. The summed E-state index contributed by atoms with van der Waals surface area (Å²) >= 11 is 0. The van der Waals surface area contributed by atoms with Gasteiger partial charge in [-0.05, 0) is 44.9 Å². The molecule has 0 aliphatic heterocycles. The van der Waals surface area contributed by atoms with Gasteiger partial charge >= 0.3 is 5.97 Å². The predicted molar refractivity (Wildman–Crippen MR) is 151 cm³/mol. The first-order valence-electron chi connectivity index (χ1n) is 12.6. The number of benzene rings is 2. The van der Waals surface area contributed by atoms with Gasteiger partial charge < -0.3 is 9.84 Å². The van der Waals surface area contributed by atoms with Crippen LogP contribution in [0.15, 0.2) is 24.3 Å². The Morgan fingerprint density at radius 3 is 1.57 bits per heavy atom. The lowest BCUT2D eigenvalue weighted by molar-refractivity contribution is -0.132. The van der Waals surface area contributed by atoms with Crippen molar-refractivity contribution in [3.63, 3.8) is 0 Å². The Bertz CT molecular complexity index is 1190. The molecule has 0 aliphatic rings. The molecule has 0 unspecified atom stereocenters. The second-order valence-electron chi connectivity index (χ2n) is 13.7. The van der Waals surface area contributed by atoms with Crippen molar-refractivity contribution in [2.45, 2.75) is 112 Å². The third-order valence-corrected chi connectivity index (χ3v) is 6.07. The summed E-state index contributed by atoms with van der Waals surface area (Å²) in [7, 11) is 0. The topological polar surface area (TPSA) is 87.4 Å². The Hall–Kier alpha value is -3.13. The van der Waals surface area contributed by atoms with E-state index in [9.17, 15) is 20.0 Å². The van der Waals surface area contributed by atoms with Crippen molar-refractivity contribution in [3.8, 4) is 17.6 Å². The Morgan fingerprint density at radius 2 is 1.22 bits per heavy atom. The van der Waals surface area contributed by atoms with E-state index in [-0.39, 0.29) is 27.4 Å². The van der Waals surface area contributed by atoms with E-state index in [4.69, 9.17) is 4.74 Å². The smallest absolute Gasteiger partial charge is 0.308 e. The van der Waals surface area contributed by atoms with Gasteiger partial charge in [0.05, 0.1) is 11.1 Å². The SMILES string of the molecule is CC(=O)Oc1c(C#N)cc(C(C)(C)C)cc1C(C)(C)C.CC(C)(C)c1cc(C=O)c(O)c(C(C)(C)C)c1. The van der Waals surface area contributed by atoms with Gasteiger partial charge in [-0.3, -0.25) is 9.59 Å². The van der Waals surface area contributed by atoms with E-state index >= 15 is 0 Å². The van der Waals surface area contributed by atoms with Crippen LogP contribution in [0.1, 0.15) is 128 Å². The van der Waals surface area contributed by atoms with E-state index in [1.54, 1.807) is 6.07 Å². The second-order valence-corrected chi connectivity index (χ2v) is 13.7. The number of carbonyl (C=O) groups excluding carboxylic acids is 2. The van der Waals surface area contributed by atoms with Gasteiger partial charge in [-0.15, -0.1) is 0 Å². The predicted octanol–water partition coefficient (Wildman–Crippen LogP) is 7.88. The Kier molecular flexibility index (Phi) is 9.56. The monoisotopic (exact) mass is 507 g/mol. The normalized spacial score (nSPS) is 12.2. The van der Waals surface area contributed by atoms with Gasteiger partial charge in [0.25, 0.3) is 0 Å². The zero-order chi connectivity index (χ0) is 29.1. The summed E-state index contributed by atoms with van der Waals surface area (Å²) in [5.41, 5.74) is 4.15. The van der Waals surface area contributed by atoms with Crippen molar-refractivity contribution >= 4 is 12.3 Å². The number of esters is 1. The Labute approximate surface area is 223 Å². The molecule has 0 aromatic heterocycles. The highest BCUT2D eigenvalue weighted by Gasteiger charge is 2.27. The van der Waals surface area contributed by atoms with E-state index in [1.807, 2.05) is 59.7 Å². The molecule has 2 rings (SSSR count). The molecule has 0 atom stereocenters. The minimum absolute atomic E-state index is 0.0362. The van der Waals surface area contributed by atoms with Crippen LogP contribution in [0.5, 0.6) is 11.5 Å². The van der Waals surface area contributed by atoms with E-state index in [0.29, 0.717) is 16.9 Å². The second kappa shape index (κ2) is 11.1. The molecule has 1 N–H and O–H groups in total. The van der Waals surface area contributed by atoms with Gasteiger partial charge in [0, 0.05) is 18.1 Å². The molecule has 0 bridgehead atoms. The van der Waals surface area contributed by atoms with Gasteiger partial charge in [0.15, 0.2) is 12.0 Å². The molecule has 0 aliphatic carbocycles. The van der Waals surface area contributed by atoms with Crippen molar-refractivity contribution in [2.24, 2.45) is 0 Å². The fourth-order valence-corrected chi connectivity index (χ4v) is 3.71. The van der Waals surface area contributed by atoms with Crippen molar-refractivity contribution < 1.29 is 19.4 Å². The van der Waals surface area contributed by atoms with Crippen LogP contribution in [0.3, 0.4) is 0 Å². The van der Waals surface area contributed by atoms with Gasteiger partial charge in [-0.2, -0.15) is 5.26 Å². The zero-order valence-electron chi connectivity index (χ0n) is 25.0. The maximum Gasteiger partial charge on any atom is 0.308 e. The molecule has 0 heterocycles. The van der Waals surface area contributed by atoms with Crippen LogP contribution in [-0.4, -0.2) is 17.4 Å². The Morgan fingerprint density at radius 1 is 0.784 bits per heavy atom. The molecule has 5 heteroatoms. The molecule has 2 aromatic rings. The average molecular weight is 508 g/mol. The number of rotatable bonds is 2. The average Bonchev–Trinajstić information content (AvgIpc) is 2.70. The third-order valence-electron chi connectivity index (χ3n) is 6.07. The van der Waals surface area contributed by atoms with Crippen LogP contribution in [0, 0.1) is 11.3 Å². The van der Waals surface area contributed by atoms with Crippen LogP contribution in [-0.2, 0) is 26.5 Å². The Balaban J connectivity index is 0.000000375. The van der Waals surface area contributed by atoms with Crippen LogP contribution in [0.25, 0.3) is 0 Å². The fraction of sp³-hybridized carbons (Fsp3) is 0.531. The first kappa shape index (κ1) is 31.9. The number of aldehydes is 1. The van der Waals surface area contributed by atoms with Crippen molar-refractivity contribution in [1.82, 2.24) is 0 Å². The molecular weight excluding hydrogens is 462 g/mol. The van der Waals surface area contributed by atoms with Crippen LogP contribution < -0.4 is 4.74 Å². The maximum absolute atomic E-state index is 11.3. The maximum atomic E-state index is 11.3. The summed E-state index contributed by atoms with van der Waals surface area (Å²) in [6.45, 7) is 26.2. The molecular formula is C32H45NO4. The lowest BCUT2D eigenvalue weighted by Gasteiger charge is -2.27. The largest absolute Gasteiger partial charge is 0.507 e. The van der Waals surface area contributed by atoms with Crippen molar-refractivity contribution in [3.05, 3.63) is 57.6 Å². The number of hydrogen-bond acceptors (Lipinski definition) is 5. The number of nitrogens with zero attached hydrogens (tertiary/aromatic N) is 1. The van der Waals surface area contributed by atoms with Crippen LogP contribution in [0.2, 0.25) is 0 Å². The summed E-state index contributed by atoms with van der Waals surface area (Å²) in [6.07, 6.45) is 0.722. The lowest BCUT2D eigenvalue weighted by Crippen LogP contribution is -2.19.